The van der Waals surface area contributed by atoms with Gasteiger partial charge in [-0.2, -0.15) is 0 Å². The molecule has 3 heteroatoms. The maximum absolute atomic E-state index is 6.20. The number of halogens is 2. The molecule has 1 aliphatic rings. The lowest BCUT2D eigenvalue weighted by atomic mass is 9.80. The Kier molecular flexibility index (Phi) is 4.97. The molecule has 0 bridgehead atoms. The van der Waals surface area contributed by atoms with Gasteiger partial charge >= 0.3 is 0 Å². The zero-order chi connectivity index (χ0) is 13.1. The second-order valence-corrected chi connectivity index (χ2v) is 6.49. The van der Waals surface area contributed by atoms with Crippen LogP contribution in [0.3, 0.4) is 0 Å². The molecule has 3 unspecified atom stereocenters. The quantitative estimate of drug-likeness (QED) is 0.675. The van der Waals surface area contributed by atoms with Crippen molar-refractivity contribution in [2.75, 3.05) is 0 Å². The van der Waals surface area contributed by atoms with Gasteiger partial charge in [-0.25, -0.2) is 0 Å². The molecule has 0 N–H and O–H groups in total. The van der Waals surface area contributed by atoms with Crippen LogP contribution < -0.4 is 4.74 Å². The van der Waals surface area contributed by atoms with Crippen molar-refractivity contribution in [2.45, 2.75) is 45.1 Å². The second-order valence-electron chi connectivity index (χ2n) is 5.37. The predicted molar refractivity (Wildman–Crippen MR) is 80.3 cm³/mol. The fraction of sp³-hybridized carbons (Fsp3) is 0.600. The van der Waals surface area contributed by atoms with Gasteiger partial charge in [0.25, 0.3) is 0 Å². The van der Waals surface area contributed by atoms with Crippen LogP contribution in [0.2, 0.25) is 0 Å². The maximum Gasteiger partial charge on any atom is 0.138 e. The van der Waals surface area contributed by atoms with Gasteiger partial charge in [0.1, 0.15) is 5.75 Å². The molecule has 1 aromatic rings. The van der Waals surface area contributed by atoms with Gasteiger partial charge in [-0.15, -0.1) is 11.6 Å². The van der Waals surface area contributed by atoms with E-state index in [1.165, 1.54) is 6.42 Å². The Balaban J connectivity index is 2.10. The van der Waals surface area contributed by atoms with E-state index in [9.17, 15) is 0 Å². The van der Waals surface area contributed by atoms with E-state index in [1.54, 1.807) is 0 Å². The van der Waals surface area contributed by atoms with Crippen LogP contribution in [-0.4, -0.2) is 6.10 Å². The molecule has 100 valence electrons. The number of hydrogen-bond donors (Lipinski definition) is 0. The molecule has 18 heavy (non-hydrogen) atoms. The number of rotatable bonds is 3. The van der Waals surface area contributed by atoms with Crippen molar-refractivity contribution in [3.8, 4) is 5.75 Å². The maximum atomic E-state index is 6.20. The van der Waals surface area contributed by atoms with Crippen molar-refractivity contribution < 1.29 is 4.74 Å². The van der Waals surface area contributed by atoms with E-state index in [0.717, 1.165) is 40.5 Å². The molecule has 1 aliphatic carbocycles. The first-order valence-electron chi connectivity index (χ1n) is 6.61. The molecule has 2 rings (SSSR count). The van der Waals surface area contributed by atoms with Crippen molar-refractivity contribution in [1.29, 1.82) is 0 Å². The minimum Gasteiger partial charge on any atom is -0.489 e. The number of benzene rings is 1. The van der Waals surface area contributed by atoms with Crippen LogP contribution in [-0.2, 0) is 5.88 Å². The van der Waals surface area contributed by atoms with Crippen LogP contribution in [0.15, 0.2) is 22.7 Å². The third-order valence-corrected chi connectivity index (χ3v) is 4.94. The molecule has 1 fully saturated rings. The smallest absolute Gasteiger partial charge is 0.138 e. The van der Waals surface area contributed by atoms with Crippen molar-refractivity contribution in [2.24, 2.45) is 11.8 Å². The summed E-state index contributed by atoms with van der Waals surface area (Å²) in [5, 5.41) is 0. The number of ether oxygens (including phenoxy) is 1. The highest BCUT2D eigenvalue weighted by Gasteiger charge is 2.26. The lowest BCUT2D eigenvalue weighted by Crippen LogP contribution is -2.29. The molecule has 0 heterocycles. The number of para-hydroxylation sites is 1. The van der Waals surface area contributed by atoms with Crippen LogP contribution >= 0.6 is 27.5 Å². The zero-order valence-electron chi connectivity index (χ0n) is 11.0. The van der Waals surface area contributed by atoms with Crippen LogP contribution in [0, 0.1) is 11.8 Å². The molecule has 1 nitrogen and oxygen atoms in total. The predicted octanol–water partition coefficient (Wildman–Crippen LogP) is 5.39. The van der Waals surface area contributed by atoms with Crippen molar-refractivity contribution in [3.05, 3.63) is 28.2 Å². The minimum absolute atomic E-state index is 0.330. The molecule has 0 spiro atoms. The fourth-order valence-electron chi connectivity index (χ4n) is 2.56. The zero-order valence-corrected chi connectivity index (χ0v) is 13.3. The summed E-state index contributed by atoms with van der Waals surface area (Å²) in [6, 6.07) is 6.04. The minimum atomic E-state index is 0.330. The molecule has 3 atom stereocenters. The normalized spacial score (nSPS) is 28.1. The molecule has 0 saturated heterocycles. The van der Waals surface area contributed by atoms with Gasteiger partial charge in [0, 0.05) is 5.56 Å². The monoisotopic (exact) mass is 330 g/mol. The third kappa shape index (κ3) is 3.21. The molecule has 1 aromatic carbocycles. The summed E-state index contributed by atoms with van der Waals surface area (Å²) < 4.78 is 7.20. The van der Waals surface area contributed by atoms with Crippen LogP contribution in [0.25, 0.3) is 0 Å². The summed E-state index contributed by atoms with van der Waals surface area (Å²) in [4.78, 5) is 0. The fourth-order valence-corrected chi connectivity index (χ4v) is 3.27. The lowest BCUT2D eigenvalue weighted by molar-refractivity contribution is 0.0992. The van der Waals surface area contributed by atoms with Crippen LogP contribution in [0.4, 0.5) is 0 Å². The van der Waals surface area contributed by atoms with Gasteiger partial charge in [0.15, 0.2) is 0 Å². The van der Waals surface area contributed by atoms with Crippen LogP contribution in [0.5, 0.6) is 5.75 Å². The Morgan fingerprint density at radius 1 is 1.28 bits per heavy atom. The van der Waals surface area contributed by atoms with Gasteiger partial charge in [-0.05, 0) is 53.1 Å². The summed E-state index contributed by atoms with van der Waals surface area (Å²) in [6.45, 7) is 4.66. The molecule has 0 aliphatic heterocycles. The molecule has 0 aromatic heterocycles. The Hall–Kier alpha value is -0.210. The molecule has 0 amide bonds. The van der Waals surface area contributed by atoms with E-state index in [4.69, 9.17) is 16.3 Å². The van der Waals surface area contributed by atoms with Gasteiger partial charge < -0.3 is 4.74 Å². The van der Waals surface area contributed by atoms with E-state index in [0.29, 0.717) is 12.0 Å². The Morgan fingerprint density at radius 2 is 2.06 bits per heavy atom. The van der Waals surface area contributed by atoms with Crippen molar-refractivity contribution >= 4 is 27.5 Å². The second kappa shape index (κ2) is 6.29. The standard InChI is InChI=1S/C15H20BrClO/c1-10-6-7-13(8-11(10)2)18-15-12(9-17)4-3-5-14(15)16/h3-5,10-11,13H,6-9H2,1-2H3. The molecule has 0 radical (unpaired) electrons. The van der Waals surface area contributed by atoms with Crippen molar-refractivity contribution in [3.63, 3.8) is 0 Å². The Labute approximate surface area is 123 Å². The van der Waals surface area contributed by atoms with E-state index < -0.39 is 0 Å². The molecular weight excluding hydrogens is 312 g/mol. The number of alkyl halides is 1. The number of hydrogen-bond acceptors (Lipinski definition) is 1. The van der Waals surface area contributed by atoms with Gasteiger partial charge in [-0.1, -0.05) is 26.0 Å². The first kappa shape index (κ1) is 14.2. The molecular formula is C15H20BrClO. The van der Waals surface area contributed by atoms with E-state index >= 15 is 0 Å². The average Bonchev–Trinajstić information content (AvgIpc) is 2.36. The first-order chi connectivity index (χ1) is 8.61. The Bertz CT molecular complexity index is 407. The topological polar surface area (TPSA) is 9.23 Å². The Morgan fingerprint density at radius 3 is 2.72 bits per heavy atom. The highest BCUT2D eigenvalue weighted by molar-refractivity contribution is 9.10. The summed E-state index contributed by atoms with van der Waals surface area (Å²) in [5.74, 6) is 2.98. The summed E-state index contributed by atoms with van der Waals surface area (Å²) in [7, 11) is 0. The third-order valence-electron chi connectivity index (χ3n) is 4.03. The summed E-state index contributed by atoms with van der Waals surface area (Å²) in [5.41, 5.74) is 1.07. The van der Waals surface area contributed by atoms with Crippen molar-refractivity contribution in [1.82, 2.24) is 0 Å². The van der Waals surface area contributed by atoms with Gasteiger partial charge in [0.2, 0.25) is 0 Å². The first-order valence-corrected chi connectivity index (χ1v) is 7.94. The van der Waals surface area contributed by atoms with E-state index in [2.05, 4.69) is 29.8 Å². The highest BCUT2D eigenvalue weighted by Crippen LogP contribution is 2.36. The lowest BCUT2D eigenvalue weighted by Gasteiger charge is -2.32. The summed E-state index contributed by atoms with van der Waals surface area (Å²) >= 11 is 9.53. The van der Waals surface area contributed by atoms with Gasteiger partial charge in [0.05, 0.1) is 16.5 Å². The SMILES string of the molecule is CC1CCC(Oc2c(Br)cccc2CCl)CC1C. The van der Waals surface area contributed by atoms with Crippen LogP contribution in [0.1, 0.15) is 38.7 Å². The van der Waals surface area contributed by atoms with Gasteiger partial charge in [-0.3, -0.25) is 0 Å². The highest BCUT2D eigenvalue weighted by atomic mass is 79.9. The molecule has 1 saturated carbocycles. The van der Waals surface area contributed by atoms with E-state index in [-0.39, 0.29) is 0 Å². The summed E-state index contributed by atoms with van der Waals surface area (Å²) in [6.07, 6.45) is 3.88. The van der Waals surface area contributed by atoms with E-state index in [1.807, 2.05) is 18.2 Å². The average molecular weight is 332 g/mol. The largest absolute Gasteiger partial charge is 0.489 e.